The predicted molar refractivity (Wildman–Crippen MR) is 124 cm³/mol. The smallest absolute Gasteiger partial charge is 0.272 e. The highest BCUT2D eigenvalue weighted by Gasteiger charge is 2.33. The molecule has 1 aliphatic heterocycles. The molecule has 1 atom stereocenters. The molecule has 1 aliphatic rings. The van der Waals surface area contributed by atoms with E-state index >= 15 is 0 Å². The van der Waals surface area contributed by atoms with Crippen LogP contribution in [0.2, 0.25) is 0 Å². The summed E-state index contributed by atoms with van der Waals surface area (Å²) in [5.74, 6) is 0.807. The lowest BCUT2D eigenvalue weighted by molar-refractivity contribution is -0.116. The van der Waals surface area contributed by atoms with Crippen LogP contribution in [0.15, 0.2) is 67.4 Å². The van der Waals surface area contributed by atoms with Gasteiger partial charge in [0.15, 0.2) is 0 Å². The number of benzene rings is 2. The van der Waals surface area contributed by atoms with Crippen molar-refractivity contribution in [2.45, 2.75) is 19.3 Å². The summed E-state index contributed by atoms with van der Waals surface area (Å²) in [6, 6.07) is 13.6. The van der Waals surface area contributed by atoms with Crippen molar-refractivity contribution in [1.29, 1.82) is 0 Å². The molecule has 0 fully saturated rings. The van der Waals surface area contributed by atoms with Gasteiger partial charge in [-0.3, -0.25) is 4.79 Å². The van der Waals surface area contributed by atoms with Crippen molar-refractivity contribution in [3.63, 3.8) is 0 Å². The minimum atomic E-state index is -0.336. The molecule has 0 radical (unpaired) electrons. The molecular weight excluding hydrogens is 435 g/mol. The highest BCUT2D eigenvalue weighted by Crippen LogP contribution is 2.40. The number of amides is 1. The van der Waals surface area contributed by atoms with E-state index in [-0.39, 0.29) is 23.6 Å². The lowest BCUT2D eigenvalue weighted by Gasteiger charge is -2.24. The number of rotatable bonds is 6. The van der Waals surface area contributed by atoms with Gasteiger partial charge in [0.25, 0.3) is 5.95 Å². The number of fused-ring (bicyclic) bond motifs is 1. The van der Waals surface area contributed by atoms with E-state index in [0.717, 1.165) is 22.6 Å². The lowest BCUT2D eigenvalue weighted by Crippen LogP contribution is -2.25. The molecule has 0 saturated heterocycles. The third-order valence-corrected chi connectivity index (χ3v) is 5.63. The van der Waals surface area contributed by atoms with E-state index in [4.69, 9.17) is 4.74 Å². The highest BCUT2D eigenvalue weighted by molar-refractivity contribution is 5.95. The molecule has 2 aromatic carbocycles. The first kappa shape index (κ1) is 21.4. The Kier molecular flexibility index (Phi) is 5.59. The summed E-state index contributed by atoms with van der Waals surface area (Å²) < 4.78 is 20.4. The number of ether oxygens (including phenoxy) is 1. The van der Waals surface area contributed by atoms with Crippen molar-refractivity contribution >= 4 is 11.7 Å². The van der Waals surface area contributed by atoms with Gasteiger partial charge in [-0.2, -0.15) is 14.9 Å². The quantitative estimate of drug-likeness (QED) is 0.437. The van der Waals surface area contributed by atoms with Gasteiger partial charge in [-0.25, -0.2) is 9.37 Å². The highest BCUT2D eigenvalue weighted by atomic mass is 19.1. The predicted octanol–water partition coefficient (Wildman–Crippen LogP) is 4.21. The standard InChI is InChI=1S/C25H21FN6O2/c1-3-12-34-19-10-6-16(7-11-19)20-13-22(33)29-24-23(20)15(2)31-32(24)25-28-21(14-27-30-25)17-4-8-18(26)9-5-17/h3-11,14,20H,1,12-13H2,2H3,(H,29,33)/t20-/m1/s1. The molecule has 8 nitrogen and oxygen atoms in total. The van der Waals surface area contributed by atoms with Gasteiger partial charge in [0.1, 0.15) is 24.0 Å². The molecule has 34 heavy (non-hydrogen) atoms. The molecular formula is C25H21FN6O2. The Morgan fingerprint density at radius 2 is 1.97 bits per heavy atom. The van der Waals surface area contributed by atoms with Crippen LogP contribution in [-0.2, 0) is 4.79 Å². The first-order valence-corrected chi connectivity index (χ1v) is 10.7. The Bertz CT molecular complexity index is 1370. The van der Waals surface area contributed by atoms with Gasteiger partial charge in [0, 0.05) is 23.5 Å². The van der Waals surface area contributed by atoms with Gasteiger partial charge in [-0.15, -0.1) is 5.10 Å². The summed E-state index contributed by atoms with van der Waals surface area (Å²) in [6.45, 7) is 5.97. The van der Waals surface area contributed by atoms with Crippen molar-refractivity contribution in [3.05, 3.63) is 90.0 Å². The molecule has 9 heteroatoms. The maximum atomic E-state index is 13.3. The number of nitrogens with zero attached hydrogens (tertiary/aromatic N) is 5. The molecule has 1 N–H and O–H groups in total. The normalized spacial score (nSPS) is 14.9. The second-order valence-corrected chi connectivity index (χ2v) is 7.88. The number of hydrogen-bond donors (Lipinski definition) is 1. The molecule has 2 aromatic heterocycles. The van der Waals surface area contributed by atoms with Gasteiger partial charge < -0.3 is 10.1 Å². The zero-order valence-electron chi connectivity index (χ0n) is 18.4. The zero-order valence-corrected chi connectivity index (χ0v) is 18.4. The molecule has 4 aromatic rings. The number of carbonyl (C=O) groups excluding carboxylic acids is 1. The Balaban J connectivity index is 1.53. The molecule has 3 heterocycles. The maximum absolute atomic E-state index is 13.3. The van der Waals surface area contributed by atoms with Crippen LogP contribution < -0.4 is 10.1 Å². The van der Waals surface area contributed by atoms with Crippen LogP contribution in [0.5, 0.6) is 5.75 Å². The topological polar surface area (TPSA) is 94.8 Å². The van der Waals surface area contributed by atoms with Gasteiger partial charge in [-0.05, 0) is 48.9 Å². The van der Waals surface area contributed by atoms with Crippen LogP contribution >= 0.6 is 0 Å². The molecule has 0 saturated carbocycles. The third-order valence-electron chi connectivity index (χ3n) is 5.63. The van der Waals surface area contributed by atoms with Crippen LogP contribution in [0.1, 0.15) is 29.2 Å². The average molecular weight is 456 g/mol. The number of aromatic nitrogens is 5. The number of anilines is 1. The third kappa shape index (κ3) is 4.03. The number of hydrogen-bond acceptors (Lipinski definition) is 6. The molecule has 0 aliphatic carbocycles. The largest absolute Gasteiger partial charge is 0.490 e. The number of carbonyl (C=O) groups is 1. The van der Waals surface area contributed by atoms with Crippen LogP contribution in [0.3, 0.4) is 0 Å². The summed E-state index contributed by atoms with van der Waals surface area (Å²) in [6.07, 6.45) is 3.48. The Labute approximate surface area is 195 Å². The second kappa shape index (κ2) is 8.86. The maximum Gasteiger partial charge on any atom is 0.272 e. The molecule has 170 valence electrons. The fourth-order valence-electron chi connectivity index (χ4n) is 4.07. The van der Waals surface area contributed by atoms with Crippen molar-refractivity contribution in [2.24, 2.45) is 0 Å². The monoisotopic (exact) mass is 456 g/mol. The zero-order chi connectivity index (χ0) is 23.7. The van der Waals surface area contributed by atoms with Crippen LogP contribution in [0.4, 0.5) is 10.2 Å². The van der Waals surface area contributed by atoms with E-state index in [2.05, 4.69) is 32.2 Å². The van der Waals surface area contributed by atoms with Crippen LogP contribution in [0, 0.1) is 12.7 Å². The molecule has 0 bridgehead atoms. The van der Waals surface area contributed by atoms with E-state index in [9.17, 15) is 9.18 Å². The molecule has 5 rings (SSSR count). The van der Waals surface area contributed by atoms with E-state index in [1.807, 2.05) is 31.2 Å². The Hall–Kier alpha value is -4.40. The number of nitrogens with one attached hydrogen (secondary N) is 1. The summed E-state index contributed by atoms with van der Waals surface area (Å²) >= 11 is 0. The van der Waals surface area contributed by atoms with Crippen molar-refractivity contribution in [1.82, 2.24) is 25.0 Å². The Morgan fingerprint density at radius 3 is 2.71 bits per heavy atom. The van der Waals surface area contributed by atoms with Gasteiger partial charge in [0.2, 0.25) is 5.91 Å². The summed E-state index contributed by atoms with van der Waals surface area (Å²) in [4.78, 5) is 17.2. The van der Waals surface area contributed by atoms with E-state index in [0.29, 0.717) is 30.1 Å². The van der Waals surface area contributed by atoms with Gasteiger partial charge in [-0.1, -0.05) is 24.8 Å². The van der Waals surface area contributed by atoms with E-state index in [1.165, 1.54) is 23.0 Å². The minimum Gasteiger partial charge on any atom is -0.490 e. The van der Waals surface area contributed by atoms with Crippen molar-refractivity contribution in [3.8, 4) is 23.0 Å². The minimum absolute atomic E-state index is 0.131. The van der Waals surface area contributed by atoms with Crippen LogP contribution in [-0.4, -0.2) is 37.5 Å². The van der Waals surface area contributed by atoms with E-state index < -0.39 is 0 Å². The van der Waals surface area contributed by atoms with Gasteiger partial charge in [0.05, 0.1) is 17.6 Å². The number of halogens is 1. The first-order chi connectivity index (χ1) is 16.5. The van der Waals surface area contributed by atoms with Crippen molar-refractivity contribution in [2.75, 3.05) is 11.9 Å². The second-order valence-electron chi connectivity index (χ2n) is 7.88. The molecule has 1 amide bonds. The van der Waals surface area contributed by atoms with Gasteiger partial charge >= 0.3 is 0 Å². The fraction of sp³-hybridized carbons (Fsp3) is 0.160. The molecule has 0 spiro atoms. The molecule has 0 unspecified atom stereocenters. The lowest BCUT2D eigenvalue weighted by atomic mass is 9.86. The fourth-order valence-corrected chi connectivity index (χ4v) is 4.07. The summed E-state index contributed by atoms with van der Waals surface area (Å²) in [7, 11) is 0. The summed E-state index contributed by atoms with van der Waals surface area (Å²) in [5.41, 5.74) is 3.83. The average Bonchev–Trinajstić information content (AvgIpc) is 3.19. The van der Waals surface area contributed by atoms with Crippen molar-refractivity contribution < 1.29 is 13.9 Å². The Morgan fingerprint density at radius 1 is 1.21 bits per heavy atom. The summed E-state index contributed by atoms with van der Waals surface area (Å²) in [5, 5.41) is 15.7. The van der Waals surface area contributed by atoms with E-state index in [1.54, 1.807) is 18.2 Å². The number of aryl methyl sites for hydroxylation is 1. The first-order valence-electron chi connectivity index (χ1n) is 10.7. The SMILES string of the molecule is C=CCOc1ccc([C@H]2CC(=O)Nc3c2c(C)nn3-c2nncc(-c3ccc(F)cc3)n2)cc1. The van der Waals surface area contributed by atoms with Crippen LogP contribution in [0.25, 0.3) is 17.2 Å².